The Hall–Kier alpha value is -3.90. The van der Waals surface area contributed by atoms with E-state index in [0.717, 1.165) is 40.5 Å². The van der Waals surface area contributed by atoms with Crippen LogP contribution in [0, 0.1) is 5.92 Å². The topological polar surface area (TPSA) is 92.8 Å². The van der Waals surface area contributed by atoms with E-state index in [9.17, 15) is 14.4 Å². The minimum atomic E-state index is -0.609. The highest BCUT2D eigenvalue weighted by Crippen LogP contribution is 2.45. The fourth-order valence-electron chi connectivity index (χ4n) is 5.35. The SMILES string of the molecule is CC1=C(C(=O)N(N)C(=O)Cc2ccccc2)C(c2cccc3ccccc23)C2C(=O)CCCC2=N1. The number of carbonyl (C=O) groups is 3. The van der Waals surface area contributed by atoms with Crippen LogP contribution in [0.1, 0.15) is 43.2 Å². The monoisotopic (exact) mass is 465 g/mol. The molecular formula is C29H27N3O3. The van der Waals surface area contributed by atoms with E-state index in [0.29, 0.717) is 22.7 Å². The van der Waals surface area contributed by atoms with E-state index >= 15 is 0 Å². The van der Waals surface area contributed by atoms with E-state index in [1.54, 1.807) is 6.92 Å². The van der Waals surface area contributed by atoms with E-state index in [2.05, 4.69) is 0 Å². The minimum absolute atomic E-state index is 0.00518. The zero-order valence-electron chi connectivity index (χ0n) is 19.6. The minimum Gasteiger partial charge on any atom is -0.299 e. The number of fused-ring (bicyclic) bond motifs is 2. The van der Waals surface area contributed by atoms with Crippen molar-refractivity contribution in [1.82, 2.24) is 5.01 Å². The molecular weight excluding hydrogens is 438 g/mol. The summed E-state index contributed by atoms with van der Waals surface area (Å²) in [6.45, 7) is 1.77. The van der Waals surface area contributed by atoms with Crippen molar-refractivity contribution in [2.45, 2.75) is 38.5 Å². The zero-order valence-corrected chi connectivity index (χ0v) is 19.6. The van der Waals surface area contributed by atoms with Gasteiger partial charge in [-0.3, -0.25) is 19.4 Å². The number of hydrogen-bond acceptors (Lipinski definition) is 5. The number of nitrogens with zero attached hydrogens (tertiary/aromatic N) is 2. The van der Waals surface area contributed by atoms with Crippen LogP contribution in [0.4, 0.5) is 0 Å². The second kappa shape index (κ2) is 9.39. The molecule has 0 bridgehead atoms. The normalized spacial score (nSPS) is 19.8. The van der Waals surface area contributed by atoms with Gasteiger partial charge in [0.2, 0.25) is 5.91 Å². The largest absolute Gasteiger partial charge is 0.299 e. The molecule has 2 N–H and O–H groups in total. The molecule has 1 heterocycles. The van der Waals surface area contributed by atoms with Gasteiger partial charge in [-0.1, -0.05) is 72.8 Å². The van der Waals surface area contributed by atoms with Crippen molar-refractivity contribution in [3.63, 3.8) is 0 Å². The number of amides is 2. The maximum absolute atomic E-state index is 13.8. The van der Waals surface area contributed by atoms with Gasteiger partial charge in [0.25, 0.3) is 5.91 Å². The lowest BCUT2D eigenvalue weighted by Gasteiger charge is -2.37. The molecule has 0 spiro atoms. The summed E-state index contributed by atoms with van der Waals surface area (Å²) < 4.78 is 0. The predicted octanol–water partition coefficient (Wildman–Crippen LogP) is 4.49. The number of benzene rings is 3. The van der Waals surface area contributed by atoms with E-state index in [1.165, 1.54) is 0 Å². The van der Waals surface area contributed by atoms with E-state index < -0.39 is 23.7 Å². The molecule has 1 fully saturated rings. The van der Waals surface area contributed by atoms with Crippen LogP contribution in [0.2, 0.25) is 0 Å². The van der Waals surface area contributed by atoms with Crippen LogP contribution in [-0.4, -0.2) is 28.3 Å². The molecule has 2 atom stereocenters. The Bertz CT molecular complexity index is 1390. The van der Waals surface area contributed by atoms with Gasteiger partial charge in [-0.2, -0.15) is 0 Å². The molecule has 0 saturated heterocycles. The van der Waals surface area contributed by atoms with Crippen molar-refractivity contribution in [2.75, 3.05) is 0 Å². The quantitative estimate of drug-likeness (QED) is 0.349. The fourth-order valence-corrected chi connectivity index (χ4v) is 5.35. The van der Waals surface area contributed by atoms with Crippen LogP contribution in [0.5, 0.6) is 0 Å². The first kappa shape index (κ1) is 22.9. The fraction of sp³-hybridized carbons (Fsp3) is 0.241. The van der Waals surface area contributed by atoms with Crippen molar-refractivity contribution in [2.24, 2.45) is 16.8 Å². The van der Waals surface area contributed by atoms with Gasteiger partial charge in [0.05, 0.1) is 12.3 Å². The number of nitrogens with two attached hydrogens (primary N) is 1. The first-order chi connectivity index (χ1) is 17.0. The maximum atomic E-state index is 13.8. The Morgan fingerprint density at radius 1 is 0.943 bits per heavy atom. The number of ketones is 1. The first-order valence-corrected chi connectivity index (χ1v) is 11.9. The van der Waals surface area contributed by atoms with Crippen molar-refractivity contribution in [3.8, 4) is 0 Å². The number of imide groups is 1. The molecule has 0 radical (unpaired) electrons. The number of Topliss-reactive ketones (excluding diaryl/α,β-unsaturated/α-hetero) is 1. The maximum Gasteiger partial charge on any atom is 0.273 e. The van der Waals surface area contributed by atoms with E-state index in [1.807, 2.05) is 72.8 Å². The third-order valence-electron chi connectivity index (χ3n) is 6.98. The molecule has 6 heteroatoms. The summed E-state index contributed by atoms with van der Waals surface area (Å²) in [6, 6.07) is 23.0. The summed E-state index contributed by atoms with van der Waals surface area (Å²) in [4.78, 5) is 44.7. The number of rotatable bonds is 4. The number of allylic oxidation sites excluding steroid dienone is 1. The lowest BCUT2D eigenvalue weighted by atomic mass is 9.68. The van der Waals surface area contributed by atoms with Crippen LogP contribution < -0.4 is 5.84 Å². The lowest BCUT2D eigenvalue weighted by molar-refractivity contribution is -0.142. The van der Waals surface area contributed by atoms with Crippen molar-refractivity contribution < 1.29 is 14.4 Å². The Morgan fingerprint density at radius 3 is 2.46 bits per heavy atom. The molecule has 1 aliphatic carbocycles. The Labute approximate surface area is 204 Å². The highest BCUT2D eigenvalue weighted by molar-refractivity contribution is 6.14. The number of aliphatic imine (C=N–C) groups is 1. The number of hydrazine groups is 1. The number of hydrogen-bond donors (Lipinski definition) is 1. The average molecular weight is 466 g/mol. The molecule has 5 rings (SSSR count). The standard InChI is InChI=1S/C29H27N3O3/c1-18-26(29(35)32(30)25(34)17-19-9-3-2-4-10-19)27(28-23(31-18)15-8-16-24(28)33)22-14-7-12-20-11-5-6-13-21(20)22/h2-7,9-14,27-28H,8,15-17,30H2,1H3. The molecule has 1 aliphatic heterocycles. The average Bonchev–Trinajstić information content (AvgIpc) is 2.87. The van der Waals surface area contributed by atoms with Crippen LogP contribution in [0.3, 0.4) is 0 Å². The van der Waals surface area contributed by atoms with Gasteiger partial charge in [-0.15, -0.1) is 0 Å². The summed E-state index contributed by atoms with van der Waals surface area (Å²) in [6.07, 6.45) is 1.93. The van der Waals surface area contributed by atoms with Crippen molar-refractivity contribution >= 4 is 34.1 Å². The Balaban J connectivity index is 1.60. The summed E-state index contributed by atoms with van der Waals surface area (Å²) in [5.74, 6) is 3.99. The van der Waals surface area contributed by atoms with Gasteiger partial charge >= 0.3 is 0 Å². The molecule has 2 unspecified atom stereocenters. The van der Waals surface area contributed by atoms with Crippen LogP contribution in [-0.2, 0) is 20.8 Å². The van der Waals surface area contributed by atoms with Crippen LogP contribution in [0.15, 0.2) is 89.1 Å². The highest BCUT2D eigenvalue weighted by atomic mass is 16.2. The van der Waals surface area contributed by atoms with Crippen molar-refractivity contribution in [3.05, 3.63) is 95.2 Å². The molecule has 6 nitrogen and oxygen atoms in total. The van der Waals surface area contributed by atoms with Gasteiger partial charge in [0.1, 0.15) is 5.78 Å². The Kier molecular flexibility index (Phi) is 6.14. The Morgan fingerprint density at radius 2 is 1.66 bits per heavy atom. The third kappa shape index (κ3) is 4.21. The summed E-state index contributed by atoms with van der Waals surface area (Å²) in [7, 11) is 0. The molecule has 3 aromatic carbocycles. The van der Waals surface area contributed by atoms with E-state index in [-0.39, 0.29) is 12.2 Å². The van der Waals surface area contributed by atoms with Gasteiger partial charge in [-0.25, -0.2) is 10.9 Å². The van der Waals surface area contributed by atoms with Gasteiger partial charge < -0.3 is 0 Å². The first-order valence-electron chi connectivity index (χ1n) is 11.9. The third-order valence-corrected chi connectivity index (χ3v) is 6.98. The summed E-state index contributed by atoms with van der Waals surface area (Å²) >= 11 is 0. The molecule has 1 saturated carbocycles. The summed E-state index contributed by atoms with van der Waals surface area (Å²) in [5, 5.41) is 2.68. The van der Waals surface area contributed by atoms with Crippen molar-refractivity contribution in [1.29, 1.82) is 0 Å². The van der Waals surface area contributed by atoms with Crippen LogP contribution >= 0.6 is 0 Å². The predicted molar refractivity (Wildman–Crippen MR) is 135 cm³/mol. The molecule has 2 amide bonds. The van der Waals surface area contributed by atoms with Gasteiger partial charge in [0.15, 0.2) is 0 Å². The van der Waals surface area contributed by atoms with Gasteiger partial charge in [-0.05, 0) is 41.7 Å². The second-order valence-electron chi connectivity index (χ2n) is 9.18. The van der Waals surface area contributed by atoms with Crippen LogP contribution in [0.25, 0.3) is 10.8 Å². The molecule has 0 aromatic heterocycles. The molecule has 176 valence electrons. The highest BCUT2D eigenvalue weighted by Gasteiger charge is 2.44. The van der Waals surface area contributed by atoms with E-state index in [4.69, 9.17) is 10.8 Å². The number of carbonyl (C=O) groups excluding carboxylic acids is 3. The molecule has 2 aliphatic rings. The zero-order chi connectivity index (χ0) is 24.5. The smallest absolute Gasteiger partial charge is 0.273 e. The second-order valence-corrected chi connectivity index (χ2v) is 9.18. The lowest BCUT2D eigenvalue weighted by Crippen LogP contribution is -2.48. The molecule has 3 aromatic rings. The molecule has 35 heavy (non-hydrogen) atoms. The van der Waals surface area contributed by atoms with Gasteiger partial charge in [0, 0.05) is 29.3 Å². The summed E-state index contributed by atoms with van der Waals surface area (Å²) in [5.41, 5.74) is 3.28.